The molecule has 0 aromatic rings. The molecule has 56 valence electrons. The molecule has 0 unspecified atom stereocenters. The van der Waals surface area contributed by atoms with Gasteiger partial charge in [0.25, 0.3) is 0 Å². The Hall–Kier alpha value is -0.290. The molecule has 0 aliphatic rings. The van der Waals surface area contributed by atoms with Crippen LogP contribution in [0.25, 0.3) is 0 Å². The first kappa shape index (κ1) is 8.71. The number of hydrogen-bond donors (Lipinski definition) is 2. The Kier molecular flexibility index (Phi) is 3.56. The Morgan fingerprint density at radius 2 is 1.89 bits per heavy atom. The Morgan fingerprint density at radius 3 is 2.22 bits per heavy atom. The first-order valence-electron chi connectivity index (χ1n) is 2.63. The van der Waals surface area contributed by atoms with Gasteiger partial charge in [0, 0.05) is 6.54 Å². The number of nitrogens with one attached hydrogen (secondary N) is 2. The molecule has 0 spiro atoms. The molecule has 0 radical (unpaired) electrons. The zero-order chi connectivity index (χ0) is 7.33. The zero-order valence-electron chi connectivity index (χ0n) is 5.05. The van der Waals surface area contributed by atoms with Gasteiger partial charge >= 0.3 is 6.30 Å². The van der Waals surface area contributed by atoms with E-state index in [9.17, 15) is 13.2 Å². The second kappa shape index (κ2) is 3.68. The van der Waals surface area contributed by atoms with Gasteiger partial charge in [0.2, 0.25) is 0 Å². The summed E-state index contributed by atoms with van der Waals surface area (Å²) in [6, 6.07) is 0. The molecule has 0 fully saturated rings. The van der Waals surface area contributed by atoms with Crippen LogP contribution < -0.4 is 10.9 Å². The molecule has 0 saturated heterocycles. The van der Waals surface area contributed by atoms with Gasteiger partial charge in [0.15, 0.2) is 0 Å². The van der Waals surface area contributed by atoms with Gasteiger partial charge in [-0.05, 0) is 6.42 Å². The SMILES string of the molecule is CCCNNC(F)(F)F. The molecular formula is C4H9F3N2. The molecule has 0 aliphatic heterocycles. The van der Waals surface area contributed by atoms with Gasteiger partial charge in [-0.3, -0.25) is 5.43 Å². The summed E-state index contributed by atoms with van der Waals surface area (Å²) in [7, 11) is 0. The van der Waals surface area contributed by atoms with E-state index >= 15 is 0 Å². The van der Waals surface area contributed by atoms with E-state index in [1.54, 1.807) is 6.92 Å². The van der Waals surface area contributed by atoms with Crippen molar-refractivity contribution in [2.75, 3.05) is 6.54 Å². The molecule has 2 N–H and O–H groups in total. The average Bonchev–Trinajstić information content (AvgIpc) is 1.63. The fraction of sp³-hybridized carbons (Fsp3) is 1.00. The van der Waals surface area contributed by atoms with Crippen LogP contribution in [0.2, 0.25) is 0 Å². The summed E-state index contributed by atoms with van der Waals surface area (Å²) in [5.41, 5.74) is 3.17. The van der Waals surface area contributed by atoms with Crippen LogP contribution in [0.3, 0.4) is 0 Å². The standard InChI is InChI=1S/C4H9F3N2/c1-2-3-8-9-4(5,6)7/h8-9H,2-3H2,1H3. The number of hydrogen-bond acceptors (Lipinski definition) is 2. The first-order valence-corrected chi connectivity index (χ1v) is 2.63. The van der Waals surface area contributed by atoms with Crippen LogP contribution in [0.15, 0.2) is 0 Å². The van der Waals surface area contributed by atoms with Crippen molar-refractivity contribution >= 4 is 0 Å². The maximum absolute atomic E-state index is 11.2. The minimum atomic E-state index is -4.31. The molecule has 0 bridgehead atoms. The van der Waals surface area contributed by atoms with E-state index < -0.39 is 6.30 Å². The second-order valence-corrected chi connectivity index (χ2v) is 1.55. The first-order chi connectivity index (χ1) is 4.06. The van der Waals surface area contributed by atoms with Crippen LogP contribution in [0, 0.1) is 0 Å². The average molecular weight is 142 g/mol. The zero-order valence-corrected chi connectivity index (χ0v) is 5.05. The quantitative estimate of drug-likeness (QED) is 0.349. The van der Waals surface area contributed by atoms with Gasteiger partial charge in [-0.2, -0.15) is 18.6 Å². The summed E-state index contributed by atoms with van der Waals surface area (Å²) in [5, 5.41) is 0. The fourth-order valence-electron chi connectivity index (χ4n) is 0.288. The van der Waals surface area contributed by atoms with Gasteiger partial charge in [-0.25, -0.2) is 0 Å². The van der Waals surface area contributed by atoms with Crippen LogP contribution in [0.5, 0.6) is 0 Å². The highest BCUT2D eigenvalue weighted by Crippen LogP contribution is 2.06. The predicted molar refractivity (Wildman–Crippen MR) is 27.5 cm³/mol. The fourth-order valence-corrected chi connectivity index (χ4v) is 0.288. The molecule has 0 aromatic heterocycles. The van der Waals surface area contributed by atoms with Gasteiger partial charge in [0.05, 0.1) is 0 Å². The highest BCUT2D eigenvalue weighted by Gasteiger charge is 2.25. The maximum Gasteiger partial charge on any atom is 0.470 e. The minimum Gasteiger partial charge on any atom is -0.251 e. The van der Waals surface area contributed by atoms with Crippen LogP contribution in [0.4, 0.5) is 13.2 Å². The summed E-state index contributed by atoms with van der Waals surface area (Å²) in [6.07, 6.45) is -3.64. The van der Waals surface area contributed by atoms with Gasteiger partial charge in [-0.15, -0.1) is 0 Å². The normalized spacial score (nSPS) is 12.0. The maximum atomic E-state index is 11.2. The van der Waals surface area contributed by atoms with E-state index in [-0.39, 0.29) is 0 Å². The summed E-state index contributed by atoms with van der Waals surface area (Å²) >= 11 is 0. The van der Waals surface area contributed by atoms with E-state index in [0.717, 1.165) is 0 Å². The van der Waals surface area contributed by atoms with Crippen molar-refractivity contribution in [3.63, 3.8) is 0 Å². The highest BCUT2D eigenvalue weighted by molar-refractivity contribution is 4.40. The Labute approximate surface area is 51.4 Å². The Morgan fingerprint density at radius 1 is 1.33 bits per heavy atom. The number of hydrazine groups is 1. The van der Waals surface area contributed by atoms with Crippen molar-refractivity contribution in [1.82, 2.24) is 10.9 Å². The summed E-state index contributed by atoms with van der Waals surface area (Å²) in [6.45, 7) is 2.10. The second-order valence-electron chi connectivity index (χ2n) is 1.55. The van der Waals surface area contributed by atoms with Crippen molar-refractivity contribution in [2.24, 2.45) is 0 Å². The topological polar surface area (TPSA) is 24.1 Å². The number of rotatable bonds is 3. The lowest BCUT2D eigenvalue weighted by molar-refractivity contribution is -0.166. The molecule has 5 heteroatoms. The van der Waals surface area contributed by atoms with E-state index in [0.29, 0.717) is 13.0 Å². The molecule has 0 aromatic carbocycles. The third-order valence-corrected chi connectivity index (χ3v) is 0.605. The van der Waals surface area contributed by atoms with Gasteiger partial charge in [0.1, 0.15) is 0 Å². The van der Waals surface area contributed by atoms with E-state index in [2.05, 4.69) is 0 Å². The molecule has 9 heavy (non-hydrogen) atoms. The predicted octanol–water partition coefficient (Wildman–Crippen LogP) is 1.01. The lowest BCUT2D eigenvalue weighted by Gasteiger charge is -2.07. The van der Waals surface area contributed by atoms with Crippen LogP contribution in [0.1, 0.15) is 13.3 Å². The molecule has 2 nitrogen and oxygen atoms in total. The summed E-state index contributed by atoms with van der Waals surface area (Å²) in [5.74, 6) is 0. The lowest BCUT2D eigenvalue weighted by atomic mass is 10.5. The molecule has 0 atom stereocenters. The van der Waals surface area contributed by atoms with Crippen LogP contribution >= 0.6 is 0 Å². The summed E-state index contributed by atoms with van der Waals surface area (Å²) < 4.78 is 33.6. The third-order valence-electron chi connectivity index (χ3n) is 0.605. The van der Waals surface area contributed by atoms with E-state index in [1.807, 2.05) is 5.43 Å². The molecular weight excluding hydrogens is 133 g/mol. The Balaban J connectivity index is 3.07. The third kappa shape index (κ3) is 7.71. The molecule has 0 heterocycles. The number of alkyl halides is 3. The molecule has 0 amide bonds. The van der Waals surface area contributed by atoms with Crippen LogP contribution in [-0.4, -0.2) is 12.8 Å². The van der Waals surface area contributed by atoms with Gasteiger partial charge < -0.3 is 0 Å². The van der Waals surface area contributed by atoms with E-state index in [4.69, 9.17) is 0 Å². The largest absolute Gasteiger partial charge is 0.470 e. The monoisotopic (exact) mass is 142 g/mol. The van der Waals surface area contributed by atoms with Crippen molar-refractivity contribution in [2.45, 2.75) is 19.6 Å². The van der Waals surface area contributed by atoms with Gasteiger partial charge in [-0.1, -0.05) is 6.92 Å². The minimum absolute atomic E-state index is 0.319. The van der Waals surface area contributed by atoms with Crippen molar-refractivity contribution in [1.29, 1.82) is 0 Å². The smallest absolute Gasteiger partial charge is 0.251 e. The molecule has 0 aliphatic carbocycles. The van der Waals surface area contributed by atoms with Crippen LogP contribution in [-0.2, 0) is 0 Å². The van der Waals surface area contributed by atoms with E-state index in [1.165, 1.54) is 5.43 Å². The lowest BCUT2D eigenvalue weighted by Crippen LogP contribution is -2.43. The van der Waals surface area contributed by atoms with Crippen molar-refractivity contribution in [3.05, 3.63) is 0 Å². The van der Waals surface area contributed by atoms with Crippen molar-refractivity contribution < 1.29 is 13.2 Å². The molecule has 0 rings (SSSR count). The number of halogens is 3. The highest BCUT2D eigenvalue weighted by atomic mass is 19.4. The Bertz CT molecular complexity index is 70.7. The summed E-state index contributed by atoms with van der Waals surface area (Å²) in [4.78, 5) is 0. The molecule has 0 saturated carbocycles. The van der Waals surface area contributed by atoms with Crippen molar-refractivity contribution in [3.8, 4) is 0 Å².